The molecule has 0 atom stereocenters. The molecule has 106 valence electrons. The number of rotatable bonds is 3. The zero-order chi connectivity index (χ0) is 14.8. The standard InChI is InChI=1S/C15H12ClN3OS/c1-19(15(20)10-8-17-7-6-11(10)16)9-14-18-12-4-2-3-5-13(12)21-14/h2-8H,9H2,1H3. The quantitative estimate of drug-likeness (QED) is 0.741. The van der Waals surface area contributed by atoms with Crippen LogP contribution in [0.5, 0.6) is 0 Å². The van der Waals surface area contributed by atoms with Gasteiger partial charge in [0.1, 0.15) is 5.01 Å². The van der Waals surface area contributed by atoms with Gasteiger partial charge in [0.05, 0.1) is 27.3 Å². The number of amides is 1. The number of nitrogens with zero attached hydrogens (tertiary/aromatic N) is 3. The topological polar surface area (TPSA) is 46.1 Å². The number of aromatic nitrogens is 2. The van der Waals surface area contributed by atoms with Crippen LogP contribution < -0.4 is 0 Å². The third-order valence-electron chi connectivity index (χ3n) is 3.06. The molecule has 3 aromatic rings. The van der Waals surface area contributed by atoms with Crippen molar-refractivity contribution in [3.05, 3.63) is 58.3 Å². The van der Waals surface area contributed by atoms with E-state index in [9.17, 15) is 4.79 Å². The molecule has 0 radical (unpaired) electrons. The Labute approximate surface area is 131 Å². The van der Waals surface area contributed by atoms with Gasteiger partial charge in [-0.1, -0.05) is 23.7 Å². The van der Waals surface area contributed by atoms with Gasteiger partial charge in [-0.15, -0.1) is 11.3 Å². The Morgan fingerprint density at radius 2 is 2.14 bits per heavy atom. The average Bonchev–Trinajstić information content (AvgIpc) is 2.89. The van der Waals surface area contributed by atoms with E-state index < -0.39 is 0 Å². The second-order valence-electron chi connectivity index (χ2n) is 4.59. The number of thiazole rings is 1. The number of pyridine rings is 1. The normalized spacial score (nSPS) is 10.8. The summed E-state index contributed by atoms with van der Waals surface area (Å²) in [6, 6.07) is 9.54. The number of halogens is 1. The van der Waals surface area contributed by atoms with Gasteiger partial charge in [0.15, 0.2) is 0 Å². The SMILES string of the molecule is CN(Cc1nc2ccccc2s1)C(=O)c1cnccc1Cl. The van der Waals surface area contributed by atoms with Gasteiger partial charge in [-0.05, 0) is 18.2 Å². The minimum atomic E-state index is -0.160. The molecule has 0 N–H and O–H groups in total. The highest BCUT2D eigenvalue weighted by Gasteiger charge is 2.16. The summed E-state index contributed by atoms with van der Waals surface area (Å²) in [5.41, 5.74) is 1.36. The van der Waals surface area contributed by atoms with Crippen molar-refractivity contribution in [2.45, 2.75) is 6.54 Å². The lowest BCUT2D eigenvalue weighted by Crippen LogP contribution is -2.26. The Hall–Kier alpha value is -1.98. The zero-order valence-corrected chi connectivity index (χ0v) is 12.9. The van der Waals surface area contributed by atoms with Crippen LogP contribution in [0.2, 0.25) is 5.02 Å². The van der Waals surface area contributed by atoms with Crippen LogP contribution in [0, 0.1) is 0 Å². The fraction of sp³-hybridized carbons (Fsp3) is 0.133. The number of fused-ring (bicyclic) bond motifs is 1. The summed E-state index contributed by atoms with van der Waals surface area (Å²) in [6.45, 7) is 0.448. The van der Waals surface area contributed by atoms with E-state index in [1.807, 2.05) is 24.3 Å². The van der Waals surface area contributed by atoms with E-state index in [0.717, 1.165) is 15.2 Å². The van der Waals surface area contributed by atoms with Crippen molar-refractivity contribution in [2.75, 3.05) is 7.05 Å². The van der Waals surface area contributed by atoms with Crippen molar-refractivity contribution in [3.8, 4) is 0 Å². The fourth-order valence-electron chi connectivity index (χ4n) is 2.00. The first-order valence-corrected chi connectivity index (χ1v) is 7.54. The van der Waals surface area contributed by atoms with E-state index in [1.54, 1.807) is 35.5 Å². The molecular weight excluding hydrogens is 306 g/mol. The molecule has 0 aliphatic rings. The average molecular weight is 318 g/mol. The van der Waals surface area contributed by atoms with Crippen molar-refractivity contribution in [2.24, 2.45) is 0 Å². The van der Waals surface area contributed by atoms with Crippen molar-refractivity contribution in [1.82, 2.24) is 14.9 Å². The molecule has 21 heavy (non-hydrogen) atoms. The molecule has 1 aromatic carbocycles. The maximum absolute atomic E-state index is 12.4. The smallest absolute Gasteiger partial charge is 0.257 e. The molecule has 6 heteroatoms. The number of benzene rings is 1. The second kappa shape index (κ2) is 5.79. The maximum Gasteiger partial charge on any atom is 0.257 e. The first-order valence-electron chi connectivity index (χ1n) is 6.34. The molecule has 2 aromatic heterocycles. The largest absolute Gasteiger partial charge is 0.335 e. The van der Waals surface area contributed by atoms with Crippen molar-refractivity contribution in [3.63, 3.8) is 0 Å². The van der Waals surface area contributed by atoms with Crippen LogP contribution >= 0.6 is 22.9 Å². The summed E-state index contributed by atoms with van der Waals surface area (Å²) in [5, 5.41) is 1.30. The number of hydrogen-bond donors (Lipinski definition) is 0. The predicted octanol–water partition coefficient (Wildman–Crippen LogP) is 3.62. The van der Waals surface area contributed by atoms with E-state index in [0.29, 0.717) is 17.1 Å². The molecule has 0 bridgehead atoms. The first kappa shape index (κ1) is 14.0. The lowest BCUT2D eigenvalue weighted by molar-refractivity contribution is 0.0785. The first-order chi connectivity index (χ1) is 10.1. The summed E-state index contributed by atoms with van der Waals surface area (Å²) in [6.07, 6.45) is 3.05. The van der Waals surface area contributed by atoms with E-state index in [1.165, 1.54) is 6.20 Å². The Kier molecular flexibility index (Phi) is 3.86. The Morgan fingerprint density at radius 3 is 2.90 bits per heavy atom. The molecule has 0 aliphatic carbocycles. The van der Waals surface area contributed by atoms with E-state index in [-0.39, 0.29) is 5.91 Å². The number of hydrogen-bond acceptors (Lipinski definition) is 4. The van der Waals surface area contributed by atoms with Crippen molar-refractivity contribution in [1.29, 1.82) is 0 Å². The molecule has 0 aliphatic heterocycles. The second-order valence-corrected chi connectivity index (χ2v) is 6.11. The minimum absolute atomic E-state index is 0.160. The van der Waals surface area contributed by atoms with Crippen LogP contribution in [0.25, 0.3) is 10.2 Å². The summed E-state index contributed by atoms with van der Waals surface area (Å²) in [4.78, 5) is 22.4. The van der Waals surface area contributed by atoms with E-state index >= 15 is 0 Å². The van der Waals surface area contributed by atoms with Gasteiger partial charge in [-0.2, -0.15) is 0 Å². The Balaban J connectivity index is 1.81. The van der Waals surface area contributed by atoms with Crippen LogP contribution in [0.4, 0.5) is 0 Å². The van der Waals surface area contributed by atoms with E-state index in [4.69, 9.17) is 11.6 Å². The van der Waals surface area contributed by atoms with Crippen LogP contribution in [-0.4, -0.2) is 27.8 Å². The molecule has 0 fully saturated rings. The Bertz CT molecular complexity index is 769. The van der Waals surface area contributed by atoms with Crippen molar-refractivity contribution >= 4 is 39.1 Å². The monoisotopic (exact) mass is 317 g/mol. The molecule has 4 nitrogen and oxygen atoms in total. The van der Waals surface area contributed by atoms with Gasteiger partial charge < -0.3 is 4.90 Å². The molecule has 0 saturated heterocycles. The molecule has 3 rings (SSSR count). The third kappa shape index (κ3) is 2.89. The van der Waals surface area contributed by atoms with Crippen LogP contribution in [0.1, 0.15) is 15.4 Å². The molecule has 0 saturated carbocycles. The lowest BCUT2D eigenvalue weighted by Gasteiger charge is -2.16. The summed E-state index contributed by atoms with van der Waals surface area (Å²) in [5.74, 6) is -0.160. The molecular formula is C15H12ClN3OS. The summed E-state index contributed by atoms with van der Waals surface area (Å²) >= 11 is 7.62. The van der Waals surface area contributed by atoms with Crippen molar-refractivity contribution < 1.29 is 4.79 Å². The lowest BCUT2D eigenvalue weighted by atomic mass is 10.2. The van der Waals surface area contributed by atoms with Gasteiger partial charge >= 0.3 is 0 Å². The molecule has 0 spiro atoms. The number of carbonyl (C=O) groups excluding carboxylic acids is 1. The predicted molar refractivity (Wildman–Crippen MR) is 84.7 cm³/mol. The zero-order valence-electron chi connectivity index (χ0n) is 11.3. The fourth-order valence-corrected chi connectivity index (χ4v) is 3.21. The maximum atomic E-state index is 12.4. The third-order valence-corrected chi connectivity index (χ3v) is 4.41. The number of carbonyl (C=O) groups is 1. The van der Waals surface area contributed by atoms with Gasteiger partial charge in [-0.25, -0.2) is 4.98 Å². The van der Waals surface area contributed by atoms with Gasteiger partial charge in [0.25, 0.3) is 5.91 Å². The minimum Gasteiger partial charge on any atom is -0.335 e. The van der Waals surface area contributed by atoms with Gasteiger partial charge in [-0.3, -0.25) is 9.78 Å². The van der Waals surface area contributed by atoms with Crippen LogP contribution in [0.3, 0.4) is 0 Å². The van der Waals surface area contributed by atoms with Crippen LogP contribution in [0.15, 0.2) is 42.7 Å². The highest BCUT2D eigenvalue weighted by molar-refractivity contribution is 7.18. The molecule has 1 amide bonds. The van der Waals surface area contributed by atoms with E-state index in [2.05, 4.69) is 9.97 Å². The van der Waals surface area contributed by atoms with Gasteiger partial charge in [0, 0.05) is 19.4 Å². The number of para-hydroxylation sites is 1. The highest BCUT2D eigenvalue weighted by atomic mass is 35.5. The summed E-state index contributed by atoms with van der Waals surface area (Å²) in [7, 11) is 1.73. The summed E-state index contributed by atoms with van der Waals surface area (Å²) < 4.78 is 1.12. The highest BCUT2D eigenvalue weighted by Crippen LogP contribution is 2.23. The van der Waals surface area contributed by atoms with Gasteiger partial charge in [0.2, 0.25) is 0 Å². The molecule has 2 heterocycles. The van der Waals surface area contributed by atoms with Crippen LogP contribution in [-0.2, 0) is 6.54 Å². The Morgan fingerprint density at radius 1 is 1.33 bits per heavy atom. The molecule has 0 unspecified atom stereocenters.